The standard InChI is InChI=1S/C24H22N4O3S/c1-16-13-26-19(14-25-16)8-9-21(29)23-17(2)27-24(32-23)28-11-10-20(12-22(28)30)31-15-18-6-4-3-5-7-18/h3-7,10-14H,8-9,15H2,1-2H3. The largest absolute Gasteiger partial charge is 0.489 e. The van der Waals surface area contributed by atoms with Gasteiger partial charge in [0, 0.05) is 31.1 Å². The Kier molecular flexibility index (Phi) is 6.51. The molecule has 4 aromatic rings. The first-order valence-electron chi connectivity index (χ1n) is 10.2. The number of rotatable bonds is 8. The number of ether oxygens (including phenoxy) is 1. The van der Waals surface area contributed by atoms with Crippen LogP contribution in [0.5, 0.6) is 5.75 Å². The van der Waals surface area contributed by atoms with Gasteiger partial charge in [0.05, 0.1) is 22.0 Å². The minimum Gasteiger partial charge on any atom is -0.489 e. The molecule has 0 bridgehead atoms. The normalized spacial score (nSPS) is 10.8. The van der Waals surface area contributed by atoms with Crippen molar-refractivity contribution in [1.82, 2.24) is 19.5 Å². The lowest BCUT2D eigenvalue weighted by atomic mass is 10.1. The van der Waals surface area contributed by atoms with Crippen LogP contribution in [0.2, 0.25) is 0 Å². The minimum absolute atomic E-state index is 0.0236. The van der Waals surface area contributed by atoms with Crippen LogP contribution in [0.3, 0.4) is 0 Å². The van der Waals surface area contributed by atoms with Gasteiger partial charge in [0.15, 0.2) is 10.9 Å². The van der Waals surface area contributed by atoms with Crippen LogP contribution in [0, 0.1) is 13.8 Å². The fraction of sp³-hybridized carbons (Fsp3) is 0.208. The molecule has 162 valence electrons. The average Bonchev–Trinajstić information content (AvgIpc) is 3.19. The van der Waals surface area contributed by atoms with Gasteiger partial charge >= 0.3 is 0 Å². The molecule has 1 aromatic carbocycles. The Balaban J connectivity index is 1.44. The molecule has 0 radical (unpaired) electrons. The molecule has 0 amide bonds. The van der Waals surface area contributed by atoms with E-state index in [0.29, 0.717) is 40.9 Å². The molecule has 0 fully saturated rings. The maximum Gasteiger partial charge on any atom is 0.260 e. The summed E-state index contributed by atoms with van der Waals surface area (Å²) in [5.41, 5.74) is 2.98. The second-order valence-electron chi connectivity index (χ2n) is 7.33. The van der Waals surface area contributed by atoms with Crippen molar-refractivity contribution < 1.29 is 9.53 Å². The summed E-state index contributed by atoms with van der Waals surface area (Å²) in [4.78, 5) is 38.8. The van der Waals surface area contributed by atoms with Crippen LogP contribution >= 0.6 is 11.3 Å². The number of thiazole rings is 1. The molecule has 0 atom stereocenters. The number of ketones is 1. The molecule has 0 N–H and O–H groups in total. The van der Waals surface area contributed by atoms with Crippen molar-refractivity contribution in [2.24, 2.45) is 0 Å². The first-order chi connectivity index (χ1) is 15.5. The van der Waals surface area contributed by atoms with Gasteiger partial charge < -0.3 is 4.74 Å². The van der Waals surface area contributed by atoms with E-state index in [0.717, 1.165) is 17.0 Å². The number of Topliss-reactive ketones (excluding diaryl/α,β-unsaturated/α-hetero) is 1. The summed E-state index contributed by atoms with van der Waals surface area (Å²) in [6.45, 7) is 4.03. The highest BCUT2D eigenvalue weighted by atomic mass is 32.1. The van der Waals surface area contributed by atoms with Crippen molar-refractivity contribution in [3.05, 3.63) is 98.9 Å². The molecule has 0 aliphatic heterocycles. The number of benzene rings is 1. The smallest absolute Gasteiger partial charge is 0.260 e. The van der Waals surface area contributed by atoms with Gasteiger partial charge in [0.25, 0.3) is 5.56 Å². The predicted octanol–water partition coefficient (Wildman–Crippen LogP) is 4.10. The molecule has 0 aliphatic rings. The topological polar surface area (TPSA) is 87.0 Å². The van der Waals surface area contributed by atoms with E-state index in [9.17, 15) is 9.59 Å². The second kappa shape index (κ2) is 9.65. The number of nitrogens with zero attached hydrogens (tertiary/aromatic N) is 4. The Hall–Kier alpha value is -3.65. The molecule has 32 heavy (non-hydrogen) atoms. The molecule has 3 heterocycles. The molecule has 0 unspecified atom stereocenters. The number of carbonyl (C=O) groups is 1. The van der Waals surface area contributed by atoms with Gasteiger partial charge in [0.1, 0.15) is 12.4 Å². The third-order valence-corrected chi connectivity index (χ3v) is 6.02. The Bertz CT molecular complexity index is 1280. The van der Waals surface area contributed by atoms with Crippen LogP contribution in [0.15, 0.2) is 65.8 Å². The number of aryl methyl sites for hydroxylation is 3. The molecule has 0 saturated carbocycles. The number of aromatic nitrogens is 4. The molecule has 4 rings (SSSR count). The molecule has 0 spiro atoms. The summed E-state index contributed by atoms with van der Waals surface area (Å²) in [6, 6.07) is 12.9. The van der Waals surface area contributed by atoms with E-state index < -0.39 is 0 Å². The van der Waals surface area contributed by atoms with Crippen molar-refractivity contribution in [2.75, 3.05) is 0 Å². The van der Waals surface area contributed by atoms with Crippen LogP contribution in [-0.4, -0.2) is 25.3 Å². The number of hydrogen-bond acceptors (Lipinski definition) is 7. The SMILES string of the molecule is Cc1cnc(CCC(=O)c2sc(-n3ccc(OCc4ccccc4)cc3=O)nc2C)cn1. The highest BCUT2D eigenvalue weighted by molar-refractivity contribution is 7.16. The molecular formula is C24H22N4O3S. The number of pyridine rings is 1. The zero-order chi connectivity index (χ0) is 22.5. The van der Waals surface area contributed by atoms with Gasteiger partial charge in [-0.2, -0.15) is 0 Å². The first-order valence-corrected chi connectivity index (χ1v) is 11.0. The lowest BCUT2D eigenvalue weighted by molar-refractivity contribution is 0.0985. The fourth-order valence-corrected chi connectivity index (χ4v) is 4.12. The zero-order valence-corrected chi connectivity index (χ0v) is 18.6. The Morgan fingerprint density at radius 1 is 1.09 bits per heavy atom. The summed E-state index contributed by atoms with van der Waals surface area (Å²) in [5, 5.41) is 0.459. The summed E-state index contributed by atoms with van der Waals surface area (Å²) >= 11 is 1.21. The van der Waals surface area contributed by atoms with Crippen molar-refractivity contribution >= 4 is 17.1 Å². The van der Waals surface area contributed by atoms with Crippen molar-refractivity contribution in [3.8, 4) is 10.9 Å². The van der Waals surface area contributed by atoms with Gasteiger partial charge in [-0.15, -0.1) is 0 Å². The van der Waals surface area contributed by atoms with Crippen LogP contribution in [0.4, 0.5) is 0 Å². The van der Waals surface area contributed by atoms with Gasteiger partial charge in [-0.25, -0.2) is 4.98 Å². The highest BCUT2D eigenvalue weighted by Crippen LogP contribution is 2.23. The van der Waals surface area contributed by atoms with Crippen LogP contribution < -0.4 is 10.3 Å². The average molecular weight is 447 g/mol. The lowest BCUT2D eigenvalue weighted by Gasteiger charge is -2.07. The predicted molar refractivity (Wildman–Crippen MR) is 123 cm³/mol. The lowest BCUT2D eigenvalue weighted by Crippen LogP contribution is -2.16. The second-order valence-corrected chi connectivity index (χ2v) is 8.31. The maximum absolute atomic E-state index is 12.7. The Labute approximate surface area is 189 Å². The Morgan fingerprint density at radius 3 is 2.62 bits per heavy atom. The van der Waals surface area contributed by atoms with E-state index >= 15 is 0 Å². The maximum atomic E-state index is 12.7. The van der Waals surface area contributed by atoms with E-state index in [1.165, 1.54) is 22.0 Å². The van der Waals surface area contributed by atoms with E-state index in [1.807, 2.05) is 37.3 Å². The molecule has 0 saturated heterocycles. The summed E-state index contributed by atoms with van der Waals surface area (Å²) < 4.78 is 7.14. The van der Waals surface area contributed by atoms with Gasteiger partial charge in [-0.05, 0) is 31.9 Å². The Morgan fingerprint density at radius 2 is 1.91 bits per heavy atom. The van der Waals surface area contributed by atoms with E-state index in [1.54, 1.807) is 31.6 Å². The molecule has 7 nitrogen and oxygen atoms in total. The van der Waals surface area contributed by atoms with Crippen LogP contribution in [0.25, 0.3) is 5.13 Å². The summed E-state index contributed by atoms with van der Waals surface area (Å²) in [7, 11) is 0. The quantitative estimate of drug-likeness (QED) is 0.379. The number of hydrogen-bond donors (Lipinski definition) is 0. The molecule has 3 aromatic heterocycles. The first kappa shape index (κ1) is 21.6. The molecule has 8 heteroatoms. The summed E-state index contributed by atoms with van der Waals surface area (Å²) in [6.07, 6.45) is 5.81. The minimum atomic E-state index is -0.266. The van der Waals surface area contributed by atoms with E-state index in [-0.39, 0.29) is 11.3 Å². The van der Waals surface area contributed by atoms with E-state index in [2.05, 4.69) is 15.0 Å². The van der Waals surface area contributed by atoms with Crippen molar-refractivity contribution in [1.29, 1.82) is 0 Å². The van der Waals surface area contributed by atoms with Gasteiger partial charge in [-0.1, -0.05) is 41.7 Å². The number of carbonyl (C=O) groups excluding carboxylic acids is 1. The van der Waals surface area contributed by atoms with Gasteiger partial charge in [-0.3, -0.25) is 24.1 Å². The summed E-state index contributed by atoms with van der Waals surface area (Å²) in [5.74, 6) is 0.461. The van der Waals surface area contributed by atoms with Crippen LogP contribution in [0.1, 0.15) is 38.7 Å². The molecular weight excluding hydrogens is 424 g/mol. The monoisotopic (exact) mass is 446 g/mol. The van der Waals surface area contributed by atoms with Gasteiger partial charge in [0.2, 0.25) is 0 Å². The zero-order valence-electron chi connectivity index (χ0n) is 17.8. The fourth-order valence-electron chi connectivity index (χ4n) is 3.10. The highest BCUT2D eigenvalue weighted by Gasteiger charge is 2.17. The van der Waals surface area contributed by atoms with Crippen LogP contribution in [-0.2, 0) is 13.0 Å². The molecule has 0 aliphatic carbocycles. The van der Waals surface area contributed by atoms with E-state index in [4.69, 9.17) is 4.74 Å². The van der Waals surface area contributed by atoms with Crippen molar-refractivity contribution in [3.63, 3.8) is 0 Å². The third kappa shape index (κ3) is 5.15. The third-order valence-electron chi connectivity index (χ3n) is 4.83. The van der Waals surface area contributed by atoms with Crippen molar-refractivity contribution in [2.45, 2.75) is 33.3 Å².